The molecule has 0 aromatic carbocycles. The van der Waals surface area contributed by atoms with E-state index >= 15 is 0 Å². The highest BCUT2D eigenvalue weighted by atomic mass is 15.3. The van der Waals surface area contributed by atoms with Crippen molar-refractivity contribution < 1.29 is 0 Å². The van der Waals surface area contributed by atoms with Crippen molar-refractivity contribution in [3.8, 4) is 0 Å². The molecule has 0 radical (unpaired) electrons. The maximum atomic E-state index is 2.66. The molecule has 2 heteroatoms. The number of nitrogens with zero attached hydrogens (tertiary/aromatic N) is 2. The summed E-state index contributed by atoms with van der Waals surface area (Å²) >= 11 is 0. The molecule has 0 saturated carbocycles. The number of likely N-dealkylation sites (tertiary alicyclic amines) is 2. The number of hydrogen-bond donors (Lipinski definition) is 0. The monoisotopic (exact) mass is 224 g/mol. The number of hydrogen-bond acceptors (Lipinski definition) is 2. The van der Waals surface area contributed by atoms with E-state index in [1.165, 1.54) is 71.2 Å². The highest BCUT2D eigenvalue weighted by molar-refractivity contribution is 5.04. The molecule has 0 unspecified atom stereocenters. The maximum absolute atomic E-state index is 2.66. The lowest BCUT2D eigenvalue weighted by Crippen LogP contribution is -2.71. The number of unbranched alkanes of at least 4 members (excludes halogenated alkanes) is 5. The first kappa shape index (κ1) is 12.4. The third-order valence-corrected chi connectivity index (χ3v) is 4.16. The predicted molar refractivity (Wildman–Crippen MR) is 69.7 cm³/mol. The minimum atomic E-state index is 0.733. The Morgan fingerprint density at radius 1 is 0.875 bits per heavy atom. The summed E-state index contributed by atoms with van der Waals surface area (Å²) in [6.45, 7) is 9.10. The van der Waals surface area contributed by atoms with Crippen LogP contribution in [0, 0.1) is 5.41 Å². The molecule has 1 spiro atoms. The summed E-state index contributed by atoms with van der Waals surface area (Å²) in [5, 5.41) is 0. The van der Waals surface area contributed by atoms with Gasteiger partial charge < -0.3 is 9.80 Å². The quantitative estimate of drug-likeness (QED) is 0.613. The van der Waals surface area contributed by atoms with E-state index in [2.05, 4.69) is 23.8 Å². The van der Waals surface area contributed by atoms with Crippen LogP contribution in [0.1, 0.15) is 45.4 Å². The highest BCUT2D eigenvalue weighted by Crippen LogP contribution is 2.38. The Balaban J connectivity index is 1.42. The lowest BCUT2D eigenvalue weighted by atomic mass is 9.73. The smallest absolute Gasteiger partial charge is 0.0212 e. The molecule has 2 rings (SSSR count). The second-order valence-corrected chi connectivity index (χ2v) is 6.15. The van der Waals surface area contributed by atoms with Crippen molar-refractivity contribution in [2.24, 2.45) is 5.41 Å². The molecular formula is C14H28N2. The average Bonchev–Trinajstić information content (AvgIpc) is 2.17. The Morgan fingerprint density at radius 2 is 1.50 bits per heavy atom. The number of rotatable bonds is 7. The fourth-order valence-corrected chi connectivity index (χ4v) is 3.48. The van der Waals surface area contributed by atoms with Gasteiger partial charge in [0.05, 0.1) is 0 Å². The van der Waals surface area contributed by atoms with Gasteiger partial charge in [-0.25, -0.2) is 0 Å². The molecule has 2 aliphatic heterocycles. The van der Waals surface area contributed by atoms with Crippen molar-refractivity contribution in [3.63, 3.8) is 0 Å². The second-order valence-electron chi connectivity index (χ2n) is 6.15. The van der Waals surface area contributed by atoms with Crippen LogP contribution in [0.15, 0.2) is 0 Å². The molecule has 0 aliphatic carbocycles. The van der Waals surface area contributed by atoms with Gasteiger partial charge in [-0.1, -0.05) is 39.0 Å². The third-order valence-electron chi connectivity index (χ3n) is 4.16. The molecule has 2 nitrogen and oxygen atoms in total. The largest absolute Gasteiger partial charge is 0.305 e. The molecule has 2 saturated heterocycles. The van der Waals surface area contributed by atoms with Gasteiger partial charge in [-0.3, -0.25) is 0 Å². The SMILES string of the molecule is CCCCCCCCN1CC2(CN(C)C2)C1. The minimum absolute atomic E-state index is 0.733. The summed E-state index contributed by atoms with van der Waals surface area (Å²) < 4.78 is 0. The van der Waals surface area contributed by atoms with Crippen molar-refractivity contribution in [1.29, 1.82) is 0 Å². The molecule has 0 aromatic heterocycles. The lowest BCUT2D eigenvalue weighted by Gasteiger charge is -2.59. The molecule has 2 aliphatic rings. The topological polar surface area (TPSA) is 6.48 Å². The molecule has 94 valence electrons. The molecule has 0 bridgehead atoms. The first-order valence-electron chi connectivity index (χ1n) is 7.15. The van der Waals surface area contributed by atoms with Gasteiger partial charge in [0.2, 0.25) is 0 Å². The van der Waals surface area contributed by atoms with Crippen LogP contribution in [0.5, 0.6) is 0 Å². The van der Waals surface area contributed by atoms with Crippen molar-refractivity contribution >= 4 is 0 Å². The second kappa shape index (κ2) is 5.50. The van der Waals surface area contributed by atoms with Crippen molar-refractivity contribution in [3.05, 3.63) is 0 Å². The first-order chi connectivity index (χ1) is 7.74. The van der Waals surface area contributed by atoms with Gasteiger partial charge >= 0.3 is 0 Å². The van der Waals surface area contributed by atoms with Gasteiger partial charge in [-0.15, -0.1) is 0 Å². The van der Waals surface area contributed by atoms with Gasteiger partial charge in [0, 0.05) is 31.6 Å². The zero-order valence-electron chi connectivity index (χ0n) is 11.2. The Hall–Kier alpha value is -0.0800. The zero-order chi connectivity index (χ0) is 11.4. The molecule has 2 heterocycles. The van der Waals surface area contributed by atoms with Gasteiger partial charge in [0.1, 0.15) is 0 Å². The summed E-state index contributed by atoms with van der Waals surface area (Å²) in [6.07, 6.45) is 8.57. The Kier molecular flexibility index (Phi) is 4.26. The van der Waals surface area contributed by atoms with E-state index in [4.69, 9.17) is 0 Å². The molecule has 2 fully saturated rings. The van der Waals surface area contributed by atoms with Gasteiger partial charge in [0.25, 0.3) is 0 Å². The van der Waals surface area contributed by atoms with Gasteiger partial charge in [-0.2, -0.15) is 0 Å². The van der Waals surface area contributed by atoms with E-state index in [0.717, 1.165) is 5.41 Å². The molecule has 16 heavy (non-hydrogen) atoms. The van der Waals surface area contributed by atoms with Crippen LogP contribution in [0.2, 0.25) is 0 Å². The first-order valence-corrected chi connectivity index (χ1v) is 7.15. The molecule has 0 N–H and O–H groups in total. The van der Waals surface area contributed by atoms with Crippen molar-refractivity contribution in [2.75, 3.05) is 39.8 Å². The lowest BCUT2D eigenvalue weighted by molar-refractivity contribution is -0.104. The van der Waals surface area contributed by atoms with E-state index in [9.17, 15) is 0 Å². The molecule has 0 aromatic rings. The minimum Gasteiger partial charge on any atom is -0.305 e. The zero-order valence-corrected chi connectivity index (χ0v) is 11.2. The highest BCUT2D eigenvalue weighted by Gasteiger charge is 2.49. The van der Waals surface area contributed by atoms with Gasteiger partial charge in [0.15, 0.2) is 0 Å². The van der Waals surface area contributed by atoms with Crippen LogP contribution in [0.3, 0.4) is 0 Å². The molecule has 0 atom stereocenters. The van der Waals surface area contributed by atoms with E-state index in [1.807, 2.05) is 0 Å². The van der Waals surface area contributed by atoms with Crippen molar-refractivity contribution in [1.82, 2.24) is 9.80 Å². The normalized spacial score (nSPS) is 24.4. The fraction of sp³-hybridized carbons (Fsp3) is 1.00. The summed E-state index contributed by atoms with van der Waals surface area (Å²) in [5.74, 6) is 0. The van der Waals surface area contributed by atoms with E-state index in [-0.39, 0.29) is 0 Å². The van der Waals surface area contributed by atoms with E-state index in [1.54, 1.807) is 0 Å². The van der Waals surface area contributed by atoms with Crippen LogP contribution in [0.4, 0.5) is 0 Å². The fourth-order valence-electron chi connectivity index (χ4n) is 3.48. The van der Waals surface area contributed by atoms with E-state index < -0.39 is 0 Å². The Morgan fingerprint density at radius 3 is 2.12 bits per heavy atom. The molecule has 0 amide bonds. The summed E-state index contributed by atoms with van der Waals surface area (Å²) in [6, 6.07) is 0. The summed E-state index contributed by atoms with van der Waals surface area (Å²) in [7, 11) is 2.24. The van der Waals surface area contributed by atoms with Crippen LogP contribution in [0.25, 0.3) is 0 Å². The van der Waals surface area contributed by atoms with Crippen LogP contribution < -0.4 is 0 Å². The Bertz CT molecular complexity index is 201. The third kappa shape index (κ3) is 2.98. The van der Waals surface area contributed by atoms with Crippen LogP contribution in [-0.2, 0) is 0 Å². The standard InChI is InChI=1S/C14H28N2/c1-3-4-5-6-7-8-9-16-12-14(13-16)10-15(2)11-14/h3-13H2,1-2H3. The average molecular weight is 224 g/mol. The summed E-state index contributed by atoms with van der Waals surface area (Å²) in [5.41, 5.74) is 0.733. The van der Waals surface area contributed by atoms with Crippen molar-refractivity contribution in [2.45, 2.75) is 45.4 Å². The predicted octanol–water partition coefficient (Wildman–Crippen LogP) is 2.59. The van der Waals surface area contributed by atoms with Crippen LogP contribution in [-0.4, -0.2) is 49.6 Å². The van der Waals surface area contributed by atoms with E-state index in [0.29, 0.717) is 0 Å². The Labute approximate surface area is 101 Å². The molecular weight excluding hydrogens is 196 g/mol. The van der Waals surface area contributed by atoms with Crippen LogP contribution >= 0.6 is 0 Å². The summed E-state index contributed by atoms with van der Waals surface area (Å²) in [4.78, 5) is 5.11. The maximum Gasteiger partial charge on any atom is 0.0212 e. The van der Waals surface area contributed by atoms with Gasteiger partial charge in [-0.05, 0) is 20.0 Å².